The van der Waals surface area contributed by atoms with Crippen molar-refractivity contribution < 1.29 is 9.90 Å². The molecule has 0 unspecified atom stereocenters. The molecule has 1 amide bonds. The van der Waals surface area contributed by atoms with Gasteiger partial charge in [-0.25, -0.2) is 4.98 Å². The van der Waals surface area contributed by atoms with Gasteiger partial charge in [-0.05, 0) is 23.8 Å². The van der Waals surface area contributed by atoms with Crippen molar-refractivity contribution in [3.05, 3.63) is 59.7 Å². The highest BCUT2D eigenvalue weighted by Gasteiger charge is 2.11. The zero-order chi connectivity index (χ0) is 16.1. The van der Waals surface area contributed by atoms with Gasteiger partial charge in [-0.2, -0.15) is 0 Å². The van der Waals surface area contributed by atoms with Crippen LogP contribution in [0.1, 0.15) is 15.9 Å². The molecule has 3 N–H and O–H groups in total. The van der Waals surface area contributed by atoms with Gasteiger partial charge in [-0.3, -0.25) is 4.79 Å². The van der Waals surface area contributed by atoms with Gasteiger partial charge in [-0.1, -0.05) is 42.1 Å². The van der Waals surface area contributed by atoms with Crippen LogP contribution in [0.2, 0.25) is 0 Å². The molecule has 2 aromatic carbocycles. The van der Waals surface area contributed by atoms with Gasteiger partial charge in [0.15, 0.2) is 5.16 Å². The number of fused-ring (bicyclic) bond motifs is 1. The fourth-order valence-corrected chi connectivity index (χ4v) is 3.17. The van der Waals surface area contributed by atoms with Crippen molar-refractivity contribution in [1.82, 2.24) is 15.3 Å². The molecule has 1 aromatic heterocycles. The summed E-state index contributed by atoms with van der Waals surface area (Å²) in [6, 6.07) is 15.4. The average molecular weight is 327 g/mol. The molecule has 1 heterocycles. The number of para-hydroxylation sites is 2. The number of hydrogen-bond donors (Lipinski definition) is 3. The second kappa shape index (κ2) is 7.30. The Morgan fingerprint density at radius 3 is 2.78 bits per heavy atom. The standard InChI is InChI=1S/C17H17N3O2S/c21-10-9-18-16(22)13-6-2-1-5-12(13)11-23-17-19-14-7-3-4-8-15(14)20-17/h1-8,21H,9-11H2,(H,18,22)(H,19,20). The summed E-state index contributed by atoms with van der Waals surface area (Å²) < 4.78 is 0. The highest BCUT2D eigenvalue weighted by atomic mass is 32.2. The molecule has 0 aliphatic carbocycles. The van der Waals surface area contributed by atoms with Crippen LogP contribution in [0.4, 0.5) is 0 Å². The topological polar surface area (TPSA) is 78.0 Å². The van der Waals surface area contributed by atoms with Gasteiger partial charge in [0.2, 0.25) is 0 Å². The summed E-state index contributed by atoms with van der Waals surface area (Å²) in [6.45, 7) is 0.186. The minimum absolute atomic E-state index is 0.0678. The maximum absolute atomic E-state index is 12.1. The van der Waals surface area contributed by atoms with Gasteiger partial charge in [0.05, 0.1) is 17.6 Å². The first-order valence-corrected chi connectivity index (χ1v) is 8.31. The van der Waals surface area contributed by atoms with Gasteiger partial charge >= 0.3 is 0 Å². The number of carbonyl (C=O) groups is 1. The smallest absolute Gasteiger partial charge is 0.251 e. The number of aliphatic hydroxyl groups is 1. The number of imidazole rings is 1. The van der Waals surface area contributed by atoms with Crippen molar-refractivity contribution in [3.63, 3.8) is 0 Å². The van der Waals surface area contributed by atoms with E-state index in [4.69, 9.17) is 5.11 Å². The third-order valence-corrected chi connectivity index (χ3v) is 4.31. The molecular weight excluding hydrogens is 310 g/mol. The van der Waals surface area contributed by atoms with E-state index in [1.807, 2.05) is 42.5 Å². The Labute approximate surface area is 138 Å². The van der Waals surface area contributed by atoms with E-state index in [0.29, 0.717) is 11.3 Å². The number of carbonyl (C=O) groups excluding carboxylic acids is 1. The van der Waals surface area contributed by atoms with Crippen molar-refractivity contribution in [2.75, 3.05) is 13.2 Å². The maximum Gasteiger partial charge on any atom is 0.251 e. The molecule has 0 aliphatic rings. The SMILES string of the molecule is O=C(NCCO)c1ccccc1CSc1nc2ccccc2[nH]1. The number of rotatable bonds is 6. The molecule has 0 atom stereocenters. The van der Waals surface area contributed by atoms with E-state index in [1.54, 1.807) is 17.8 Å². The Bertz CT molecular complexity index is 783. The lowest BCUT2D eigenvalue weighted by molar-refractivity contribution is 0.0944. The summed E-state index contributed by atoms with van der Waals surface area (Å²) in [6.07, 6.45) is 0. The molecule has 118 valence electrons. The number of benzene rings is 2. The Balaban J connectivity index is 1.73. The number of nitrogens with zero attached hydrogens (tertiary/aromatic N) is 1. The van der Waals surface area contributed by atoms with Crippen molar-refractivity contribution in [2.24, 2.45) is 0 Å². The third kappa shape index (κ3) is 3.72. The van der Waals surface area contributed by atoms with Gasteiger partial charge < -0.3 is 15.4 Å². The zero-order valence-electron chi connectivity index (χ0n) is 12.5. The van der Waals surface area contributed by atoms with Crippen molar-refractivity contribution >= 4 is 28.7 Å². The summed E-state index contributed by atoms with van der Waals surface area (Å²) in [7, 11) is 0. The highest BCUT2D eigenvalue weighted by Crippen LogP contribution is 2.24. The number of nitrogens with one attached hydrogen (secondary N) is 2. The quantitative estimate of drug-likeness (QED) is 0.608. The molecule has 0 radical (unpaired) electrons. The number of H-pyrrole nitrogens is 1. The molecule has 0 spiro atoms. The third-order valence-electron chi connectivity index (χ3n) is 3.39. The largest absolute Gasteiger partial charge is 0.395 e. The molecule has 23 heavy (non-hydrogen) atoms. The predicted octanol–water partition coefficient (Wildman–Crippen LogP) is 2.58. The van der Waals surface area contributed by atoms with E-state index >= 15 is 0 Å². The molecule has 6 heteroatoms. The molecule has 0 saturated heterocycles. The first-order valence-electron chi connectivity index (χ1n) is 7.32. The summed E-state index contributed by atoms with van der Waals surface area (Å²) in [5, 5.41) is 12.3. The second-order valence-electron chi connectivity index (χ2n) is 4.98. The maximum atomic E-state index is 12.1. The minimum atomic E-state index is -0.167. The predicted molar refractivity (Wildman–Crippen MR) is 91.5 cm³/mol. The number of amides is 1. The van der Waals surface area contributed by atoms with Crippen LogP contribution < -0.4 is 5.32 Å². The van der Waals surface area contributed by atoms with Crippen LogP contribution >= 0.6 is 11.8 Å². The number of aromatic amines is 1. The molecule has 3 rings (SSSR count). The lowest BCUT2D eigenvalue weighted by atomic mass is 10.1. The normalized spacial score (nSPS) is 10.8. The number of thioether (sulfide) groups is 1. The second-order valence-corrected chi connectivity index (χ2v) is 5.95. The summed E-state index contributed by atoms with van der Waals surface area (Å²) in [5.41, 5.74) is 3.51. The summed E-state index contributed by atoms with van der Waals surface area (Å²) in [5.74, 6) is 0.475. The van der Waals surface area contributed by atoms with Gasteiger partial charge in [0.25, 0.3) is 5.91 Å². The van der Waals surface area contributed by atoms with Crippen LogP contribution in [-0.4, -0.2) is 34.1 Å². The van der Waals surface area contributed by atoms with Crippen LogP contribution in [0.25, 0.3) is 11.0 Å². The molecule has 5 nitrogen and oxygen atoms in total. The van der Waals surface area contributed by atoms with E-state index in [9.17, 15) is 4.79 Å². The molecule has 3 aromatic rings. The Morgan fingerprint density at radius 1 is 1.17 bits per heavy atom. The molecule has 0 saturated carbocycles. The van der Waals surface area contributed by atoms with Gasteiger partial charge in [0, 0.05) is 17.9 Å². The van der Waals surface area contributed by atoms with E-state index in [2.05, 4.69) is 15.3 Å². The van der Waals surface area contributed by atoms with Crippen molar-refractivity contribution in [2.45, 2.75) is 10.9 Å². The van der Waals surface area contributed by atoms with Crippen molar-refractivity contribution in [3.8, 4) is 0 Å². The first-order chi connectivity index (χ1) is 11.3. The Morgan fingerprint density at radius 2 is 1.96 bits per heavy atom. The van der Waals surface area contributed by atoms with Crippen LogP contribution in [0, 0.1) is 0 Å². The molecule has 0 aliphatic heterocycles. The number of aliphatic hydroxyl groups excluding tert-OH is 1. The zero-order valence-corrected chi connectivity index (χ0v) is 13.3. The molecular formula is C17H17N3O2S. The average Bonchev–Trinajstić information content (AvgIpc) is 3.01. The number of hydrogen-bond acceptors (Lipinski definition) is 4. The van der Waals surface area contributed by atoms with Crippen molar-refractivity contribution in [1.29, 1.82) is 0 Å². The highest BCUT2D eigenvalue weighted by molar-refractivity contribution is 7.98. The van der Waals surface area contributed by atoms with Crippen LogP contribution in [0.3, 0.4) is 0 Å². The monoisotopic (exact) mass is 327 g/mol. The van der Waals surface area contributed by atoms with Gasteiger partial charge in [0.1, 0.15) is 0 Å². The number of aromatic nitrogens is 2. The Kier molecular flexibility index (Phi) is 4.95. The fraction of sp³-hybridized carbons (Fsp3) is 0.176. The van der Waals surface area contributed by atoms with Gasteiger partial charge in [-0.15, -0.1) is 0 Å². The lowest BCUT2D eigenvalue weighted by Crippen LogP contribution is -2.27. The fourth-order valence-electron chi connectivity index (χ4n) is 2.28. The van der Waals surface area contributed by atoms with Crippen LogP contribution in [-0.2, 0) is 5.75 Å². The minimum Gasteiger partial charge on any atom is -0.395 e. The van der Waals surface area contributed by atoms with Crippen LogP contribution in [0.5, 0.6) is 0 Å². The first kappa shape index (κ1) is 15.6. The Hall–Kier alpha value is -2.31. The van der Waals surface area contributed by atoms with E-state index < -0.39 is 0 Å². The lowest BCUT2D eigenvalue weighted by Gasteiger charge is -2.08. The van der Waals surface area contributed by atoms with E-state index in [0.717, 1.165) is 21.8 Å². The van der Waals surface area contributed by atoms with E-state index in [-0.39, 0.29) is 19.1 Å². The summed E-state index contributed by atoms with van der Waals surface area (Å²) >= 11 is 1.56. The molecule has 0 fully saturated rings. The van der Waals surface area contributed by atoms with Crippen LogP contribution in [0.15, 0.2) is 53.7 Å². The summed E-state index contributed by atoms with van der Waals surface area (Å²) in [4.78, 5) is 19.9. The van der Waals surface area contributed by atoms with E-state index in [1.165, 1.54) is 0 Å². The molecule has 0 bridgehead atoms.